The third kappa shape index (κ3) is 3.72. The maximum Gasteiger partial charge on any atom is 0.329 e. The molecular formula is C15H19NO5. The number of benzene rings is 1. The summed E-state index contributed by atoms with van der Waals surface area (Å²) in [4.78, 5) is 22.4. The highest BCUT2D eigenvalue weighted by Crippen LogP contribution is 2.35. The van der Waals surface area contributed by atoms with E-state index in [4.69, 9.17) is 14.6 Å². The van der Waals surface area contributed by atoms with Crippen LogP contribution < -0.4 is 10.1 Å². The molecule has 2 N–H and O–H groups in total. The van der Waals surface area contributed by atoms with Gasteiger partial charge in [0.1, 0.15) is 24.9 Å². The third-order valence-electron chi connectivity index (χ3n) is 3.49. The first-order chi connectivity index (χ1) is 9.99. The van der Waals surface area contributed by atoms with E-state index in [2.05, 4.69) is 5.32 Å². The van der Waals surface area contributed by atoms with Crippen LogP contribution in [-0.4, -0.2) is 43.3 Å². The van der Waals surface area contributed by atoms with Gasteiger partial charge in [0, 0.05) is 12.1 Å². The summed E-state index contributed by atoms with van der Waals surface area (Å²) in [5, 5.41) is 11.2. The number of hydrogen-bond acceptors (Lipinski definition) is 4. The van der Waals surface area contributed by atoms with Crippen LogP contribution >= 0.6 is 0 Å². The number of carboxylic acid groups (broad SMARTS) is 1. The molecule has 0 radical (unpaired) electrons. The largest absolute Gasteiger partial charge is 0.492 e. The standard InChI is InChI=1S/C15H19NO5/c1-9-5-11-12(7-21-13(11)6-10(9)2)15(19)16-3-4-20-8-14(17)18/h5-6,12H,3-4,7-8H2,1-2H3,(H,16,19)(H,17,18). The van der Waals surface area contributed by atoms with Crippen molar-refractivity contribution >= 4 is 11.9 Å². The van der Waals surface area contributed by atoms with Gasteiger partial charge in [-0.25, -0.2) is 4.79 Å². The molecule has 6 heteroatoms. The Bertz CT molecular complexity index is 555. The monoisotopic (exact) mass is 293 g/mol. The number of carbonyl (C=O) groups excluding carboxylic acids is 1. The maximum atomic E-state index is 12.1. The molecular weight excluding hydrogens is 274 g/mol. The van der Waals surface area contributed by atoms with Gasteiger partial charge in [0.05, 0.1) is 6.61 Å². The average Bonchev–Trinajstić information content (AvgIpc) is 2.81. The normalized spacial score (nSPS) is 16.2. The fourth-order valence-electron chi connectivity index (χ4n) is 2.22. The zero-order valence-electron chi connectivity index (χ0n) is 12.1. The lowest BCUT2D eigenvalue weighted by atomic mass is 9.96. The first-order valence-electron chi connectivity index (χ1n) is 6.80. The molecule has 0 saturated carbocycles. The van der Waals surface area contributed by atoms with E-state index < -0.39 is 5.97 Å². The second kappa shape index (κ2) is 6.58. The summed E-state index contributed by atoms with van der Waals surface area (Å²) < 4.78 is 10.4. The van der Waals surface area contributed by atoms with Gasteiger partial charge in [-0.05, 0) is 31.0 Å². The number of nitrogens with one attached hydrogen (secondary N) is 1. The number of aliphatic carboxylic acids is 1. The van der Waals surface area contributed by atoms with Crippen molar-refractivity contribution < 1.29 is 24.2 Å². The Morgan fingerprint density at radius 2 is 2.10 bits per heavy atom. The summed E-state index contributed by atoms with van der Waals surface area (Å²) in [5.41, 5.74) is 3.17. The first-order valence-corrected chi connectivity index (χ1v) is 6.80. The molecule has 0 aromatic heterocycles. The van der Waals surface area contributed by atoms with Gasteiger partial charge in [-0.2, -0.15) is 0 Å². The Balaban J connectivity index is 1.88. The van der Waals surface area contributed by atoms with E-state index in [1.165, 1.54) is 0 Å². The smallest absolute Gasteiger partial charge is 0.329 e. The third-order valence-corrected chi connectivity index (χ3v) is 3.49. The number of ether oxygens (including phenoxy) is 2. The molecule has 0 aliphatic carbocycles. The molecule has 1 heterocycles. The molecule has 1 aromatic carbocycles. The number of amides is 1. The molecule has 2 rings (SSSR count). The Hall–Kier alpha value is -2.08. The summed E-state index contributed by atoms with van der Waals surface area (Å²) >= 11 is 0. The molecule has 0 spiro atoms. The van der Waals surface area contributed by atoms with Crippen LogP contribution in [0.25, 0.3) is 0 Å². The molecule has 6 nitrogen and oxygen atoms in total. The molecule has 21 heavy (non-hydrogen) atoms. The minimum Gasteiger partial charge on any atom is -0.492 e. The van der Waals surface area contributed by atoms with Crippen LogP contribution in [0.5, 0.6) is 5.75 Å². The number of carbonyl (C=O) groups is 2. The Labute approximate surface area is 123 Å². The summed E-state index contributed by atoms with van der Waals surface area (Å²) in [6, 6.07) is 3.94. The van der Waals surface area contributed by atoms with Crippen molar-refractivity contribution in [2.75, 3.05) is 26.4 Å². The second-order valence-corrected chi connectivity index (χ2v) is 5.08. The number of carboxylic acids is 1. The van der Waals surface area contributed by atoms with E-state index >= 15 is 0 Å². The van der Waals surface area contributed by atoms with Crippen LogP contribution in [0.1, 0.15) is 22.6 Å². The lowest BCUT2D eigenvalue weighted by Crippen LogP contribution is -2.33. The predicted octanol–water partition coefficient (Wildman–Crippen LogP) is 0.997. The number of aryl methyl sites for hydroxylation is 2. The molecule has 1 atom stereocenters. The van der Waals surface area contributed by atoms with E-state index in [-0.39, 0.29) is 31.6 Å². The van der Waals surface area contributed by atoms with Crippen molar-refractivity contribution in [2.24, 2.45) is 0 Å². The second-order valence-electron chi connectivity index (χ2n) is 5.08. The van der Waals surface area contributed by atoms with Crippen LogP contribution in [0, 0.1) is 13.8 Å². The summed E-state index contributed by atoms with van der Waals surface area (Å²) in [6.07, 6.45) is 0. The lowest BCUT2D eigenvalue weighted by Gasteiger charge is -2.11. The number of hydrogen-bond donors (Lipinski definition) is 2. The highest BCUT2D eigenvalue weighted by atomic mass is 16.5. The molecule has 1 unspecified atom stereocenters. The fourth-order valence-corrected chi connectivity index (χ4v) is 2.22. The molecule has 0 fully saturated rings. The van der Waals surface area contributed by atoms with Crippen molar-refractivity contribution in [2.45, 2.75) is 19.8 Å². The van der Waals surface area contributed by atoms with Gasteiger partial charge in [0.15, 0.2) is 0 Å². The van der Waals surface area contributed by atoms with E-state index in [1.807, 2.05) is 26.0 Å². The summed E-state index contributed by atoms with van der Waals surface area (Å²) in [6.45, 7) is 4.44. The topological polar surface area (TPSA) is 84.9 Å². The van der Waals surface area contributed by atoms with Crippen LogP contribution in [0.3, 0.4) is 0 Å². The molecule has 1 amide bonds. The SMILES string of the molecule is Cc1cc2c(cc1C)C(C(=O)NCCOCC(=O)O)CO2. The maximum absolute atomic E-state index is 12.1. The summed E-state index contributed by atoms with van der Waals surface area (Å²) in [5.74, 6) is -0.708. The molecule has 1 aliphatic rings. The average molecular weight is 293 g/mol. The zero-order valence-corrected chi connectivity index (χ0v) is 12.1. The lowest BCUT2D eigenvalue weighted by molar-refractivity contribution is -0.142. The van der Waals surface area contributed by atoms with Crippen molar-refractivity contribution in [3.63, 3.8) is 0 Å². The quantitative estimate of drug-likeness (QED) is 0.764. The van der Waals surface area contributed by atoms with Crippen molar-refractivity contribution in [3.05, 3.63) is 28.8 Å². The van der Waals surface area contributed by atoms with Crippen LogP contribution in [0.15, 0.2) is 12.1 Å². The predicted molar refractivity (Wildman–Crippen MR) is 75.6 cm³/mol. The molecule has 1 aliphatic heterocycles. The van der Waals surface area contributed by atoms with E-state index in [0.717, 1.165) is 22.4 Å². The van der Waals surface area contributed by atoms with E-state index in [9.17, 15) is 9.59 Å². The van der Waals surface area contributed by atoms with E-state index in [1.54, 1.807) is 0 Å². The number of fused-ring (bicyclic) bond motifs is 1. The van der Waals surface area contributed by atoms with Gasteiger partial charge in [0.2, 0.25) is 5.91 Å². The molecule has 0 saturated heterocycles. The van der Waals surface area contributed by atoms with Crippen LogP contribution in [0.2, 0.25) is 0 Å². The molecule has 114 valence electrons. The minimum absolute atomic E-state index is 0.129. The van der Waals surface area contributed by atoms with Crippen LogP contribution in [0.4, 0.5) is 0 Å². The highest BCUT2D eigenvalue weighted by Gasteiger charge is 2.30. The van der Waals surface area contributed by atoms with Crippen LogP contribution in [-0.2, 0) is 14.3 Å². The fraction of sp³-hybridized carbons (Fsp3) is 0.467. The Kier molecular flexibility index (Phi) is 4.80. The van der Waals surface area contributed by atoms with Gasteiger partial charge in [0.25, 0.3) is 0 Å². The van der Waals surface area contributed by atoms with Crippen molar-refractivity contribution in [3.8, 4) is 5.75 Å². The van der Waals surface area contributed by atoms with Gasteiger partial charge >= 0.3 is 5.97 Å². The van der Waals surface area contributed by atoms with Gasteiger partial charge in [-0.1, -0.05) is 6.07 Å². The number of rotatable bonds is 6. The Morgan fingerprint density at radius 1 is 1.38 bits per heavy atom. The van der Waals surface area contributed by atoms with E-state index in [0.29, 0.717) is 6.61 Å². The van der Waals surface area contributed by atoms with Gasteiger partial charge in [-0.15, -0.1) is 0 Å². The first kappa shape index (κ1) is 15.3. The molecule has 0 bridgehead atoms. The summed E-state index contributed by atoms with van der Waals surface area (Å²) in [7, 11) is 0. The van der Waals surface area contributed by atoms with Gasteiger partial charge < -0.3 is 19.9 Å². The van der Waals surface area contributed by atoms with Crippen molar-refractivity contribution in [1.82, 2.24) is 5.32 Å². The van der Waals surface area contributed by atoms with Gasteiger partial charge in [-0.3, -0.25) is 4.79 Å². The minimum atomic E-state index is -1.02. The highest BCUT2D eigenvalue weighted by molar-refractivity contribution is 5.85. The van der Waals surface area contributed by atoms with Crippen molar-refractivity contribution in [1.29, 1.82) is 0 Å². The molecule has 1 aromatic rings. The zero-order chi connectivity index (χ0) is 15.4. The Morgan fingerprint density at radius 3 is 2.81 bits per heavy atom.